The molecule has 0 aliphatic carbocycles. The Morgan fingerprint density at radius 1 is 1.27 bits per heavy atom. The molecular weight excluding hydrogens is 263 g/mol. The first-order chi connectivity index (χ1) is 5.22. The molecule has 0 saturated carbocycles. The quantitative estimate of drug-likeness (QED) is 0.497. The van der Waals surface area contributed by atoms with Gasteiger partial charge in [-0.05, 0) is 18.6 Å². The van der Waals surface area contributed by atoms with Crippen molar-refractivity contribution in [3.63, 3.8) is 0 Å². The zero-order valence-corrected chi connectivity index (χ0v) is 10.0. The van der Waals surface area contributed by atoms with Crippen LogP contribution in [0.3, 0.4) is 0 Å². The van der Waals surface area contributed by atoms with Crippen LogP contribution in [0, 0.1) is 6.92 Å². The highest BCUT2D eigenvalue weighted by atomic mass is 79.9. The number of rotatable bonds is 0. The van der Waals surface area contributed by atoms with Crippen LogP contribution in [0.1, 0.15) is 5.56 Å². The summed E-state index contributed by atoms with van der Waals surface area (Å²) >= 11 is 13.0. The van der Waals surface area contributed by atoms with Crippen LogP contribution in [0.2, 0.25) is 0 Å². The lowest BCUT2D eigenvalue weighted by molar-refractivity contribution is 1.43. The molecule has 0 aromatic heterocycles. The second-order valence-corrected chi connectivity index (χ2v) is 4.53. The van der Waals surface area contributed by atoms with E-state index >= 15 is 0 Å². The van der Waals surface area contributed by atoms with E-state index in [0.29, 0.717) is 0 Å². The van der Waals surface area contributed by atoms with Crippen molar-refractivity contribution in [2.45, 2.75) is 6.92 Å². The van der Waals surface area contributed by atoms with Crippen molar-refractivity contribution in [3.8, 4) is 0 Å². The summed E-state index contributed by atoms with van der Waals surface area (Å²) in [5.41, 5.74) is 1.28. The van der Waals surface area contributed by atoms with E-state index in [4.69, 9.17) is 22.2 Å². The Bertz CT molecular complexity index is 184. The molecule has 1 aromatic carbocycles. The minimum absolute atomic E-state index is 0.0278. The maximum Gasteiger partial charge on any atom is 0.295 e. The SMILES string of the molecule is Cc1ccccc1Br.Cl[Si]Cl. The number of hydrogen-bond donors (Lipinski definition) is 0. The Morgan fingerprint density at radius 2 is 1.73 bits per heavy atom. The summed E-state index contributed by atoms with van der Waals surface area (Å²) in [6.07, 6.45) is 0. The summed E-state index contributed by atoms with van der Waals surface area (Å²) in [6, 6.07) is 8.15. The molecule has 4 heteroatoms. The molecule has 1 aromatic rings. The van der Waals surface area contributed by atoms with Crippen LogP contribution in [-0.4, -0.2) is 8.14 Å². The largest absolute Gasteiger partial charge is 0.295 e. The smallest absolute Gasteiger partial charge is 0.148 e. The van der Waals surface area contributed by atoms with Gasteiger partial charge in [-0.2, -0.15) is 0 Å². The molecule has 0 saturated heterocycles. The molecule has 1 rings (SSSR count). The summed E-state index contributed by atoms with van der Waals surface area (Å²) in [4.78, 5) is 0. The van der Waals surface area contributed by atoms with Crippen LogP contribution in [0.4, 0.5) is 0 Å². The predicted molar refractivity (Wildman–Crippen MR) is 56.3 cm³/mol. The maximum atomic E-state index is 4.79. The first kappa shape index (κ1) is 11.5. The molecule has 0 aliphatic heterocycles. The van der Waals surface area contributed by atoms with Crippen LogP contribution in [-0.2, 0) is 0 Å². The average Bonchev–Trinajstić information content (AvgIpc) is 1.97. The summed E-state index contributed by atoms with van der Waals surface area (Å²) < 4.78 is 1.18. The third-order valence-corrected chi connectivity index (χ3v) is 1.97. The second-order valence-electron chi connectivity index (χ2n) is 1.82. The predicted octanol–water partition coefficient (Wildman–Crippen LogP) is 3.76. The van der Waals surface area contributed by atoms with Gasteiger partial charge >= 0.3 is 0 Å². The first-order valence-electron chi connectivity index (χ1n) is 2.89. The van der Waals surface area contributed by atoms with Crippen molar-refractivity contribution in [3.05, 3.63) is 34.3 Å². The zero-order valence-electron chi connectivity index (χ0n) is 5.94. The molecule has 0 heterocycles. The molecule has 0 aliphatic rings. The second kappa shape index (κ2) is 7.16. The number of halogens is 3. The number of aryl methyl sites for hydroxylation is 1. The van der Waals surface area contributed by atoms with Crippen molar-refractivity contribution in [1.82, 2.24) is 0 Å². The minimum Gasteiger partial charge on any atom is -0.148 e. The van der Waals surface area contributed by atoms with Crippen molar-refractivity contribution in [2.24, 2.45) is 0 Å². The molecule has 0 unspecified atom stereocenters. The standard InChI is InChI=1S/C7H7Br.Cl2Si/c1-6-4-2-3-5-7(6)8;1-3-2/h2-5H,1H3;. The Kier molecular flexibility index (Phi) is 7.49. The Labute approximate surface area is 87.3 Å². The van der Waals surface area contributed by atoms with Crippen molar-refractivity contribution >= 4 is 46.2 Å². The fraction of sp³-hybridized carbons (Fsp3) is 0.143. The monoisotopic (exact) mass is 268 g/mol. The van der Waals surface area contributed by atoms with Crippen LogP contribution < -0.4 is 0 Å². The normalized spacial score (nSPS) is 8.36. The highest BCUT2D eigenvalue weighted by Crippen LogP contribution is 2.13. The van der Waals surface area contributed by atoms with Gasteiger partial charge in [0, 0.05) is 4.47 Å². The molecule has 0 N–H and O–H groups in total. The zero-order chi connectivity index (χ0) is 8.69. The van der Waals surface area contributed by atoms with Gasteiger partial charge < -0.3 is 0 Å². The van der Waals surface area contributed by atoms with Gasteiger partial charge in [-0.15, -0.1) is 22.2 Å². The molecule has 0 nitrogen and oxygen atoms in total. The van der Waals surface area contributed by atoms with E-state index < -0.39 is 0 Å². The van der Waals surface area contributed by atoms with Gasteiger partial charge in [-0.25, -0.2) is 0 Å². The molecule has 2 radical (unpaired) electrons. The van der Waals surface area contributed by atoms with Gasteiger partial charge in [-0.3, -0.25) is 0 Å². The van der Waals surface area contributed by atoms with E-state index in [1.165, 1.54) is 10.0 Å². The van der Waals surface area contributed by atoms with E-state index in [9.17, 15) is 0 Å². The van der Waals surface area contributed by atoms with Gasteiger partial charge in [-0.1, -0.05) is 34.1 Å². The Hall–Kier alpha value is 0.497. The third-order valence-electron chi connectivity index (χ3n) is 1.08. The first-order valence-corrected chi connectivity index (χ1v) is 6.71. The van der Waals surface area contributed by atoms with E-state index in [-0.39, 0.29) is 8.14 Å². The summed E-state index contributed by atoms with van der Waals surface area (Å²) in [5.74, 6) is 0. The maximum absolute atomic E-state index is 4.79. The molecule has 60 valence electrons. The van der Waals surface area contributed by atoms with E-state index in [1.807, 2.05) is 18.2 Å². The van der Waals surface area contributed by atoms with E-state index in [1.54, 1.807) is 0 Å². The third kappa shape index (κ3) is 5.73. The van der Waals surface area contributed by atoms with Gasteiger partial charge in [0.25, 0.3) is 8.14 Å². The van der Waals surface area contributed by atoms with Crippen molar-refractivity contribution < 1.29 is 0 Å². The van der Waals surface area contributed by atoms with Gasteiger partial charge in [0.15, 0.2) is 0 Å². The fourth-order valence-corrected chi connectivity index (χ4v) is 0.836. The Morgan fingerprint density at radius 3 is 2.00 bits per heavy atom. The molecular formula is C7H7BrCl2Si. The van der Waals surface area contributed by atoms with E-state index in [2.05, 4.69) is 28.9 Å². The highest BCUT2D eigenvalue weighted by Gasteiger charge is 1.86. The summed E-state index contributed by atoms with van der Waals surface area (Å²) in [5, 5.41) is 0. The molecule has 0 bridgehead atoms. The lowest BCUT2D eigenvalue weighted by atomic mass is 10.2. The molecule has 11 heavy (non-hydrogen) atoms. The average molecular weight is 270 g/mol. The van der Waals surface area contributed by atoms with Crippen molar-refractivity contribution in [2.75, 3.05) is 0 Å². The molecule has 0 fully saturated rings. The lowest BCUT2D eigenvalue weighted by Gasteiger charge is -1.91. The lowest BCUT2D eigenvalue weighted by Crippen LogP contribution is -1.69. The van der Waals surface area contributed by atoms with Crippen LogP contribution >= 0.6 is 38.1 Å². The number of hydrogen-bond acceptors (Lipinski definition) is 0. The topological polar surface area (TPSA) is 0 Å². The van der Waals surface area contributed by atoms with Crippen molar-refractivity contribution in [1.29, 1.82) is 0 Å². The molecule has 0 spiro atoms. The highest BCUT2D eigenvalue weighted by molar-refractivity contribution is 9.10. The summed E-state index contributed by atoms with van der Waals surface area (Å²) in [7, 11) is 0.0278. The van der Waals surface area contributed by atoms with Crippen LogP contribution in [0.5, 0.6) is 0 Å². The number of benzene rings is 1. The molecule has 0 amide bonds. The van der Waals surface area contributed by atoms with Crippen LogP contribution in [0.15, 0.2) is 28.7 Å². The Balaban J connectivity index is 0.000000292. The van der Waals surface area contributed by atoms with E-state index in [0.717, 1.165) is 0 Å². The summed E-state index contributed by atoms with van der Waals surface area (Å²) in [6.45, 7) is 2.07. The van der Waals surface area contributed by atoms with Crippen LogP contribution in [0.25, 0.3) is 0 Å². The van der Waals surface area contributed by atoms with Gasteiger partial charge in [0.1, 0.15) is 0 Å². The van der Waals surface area contributed by atoms with Gasteiger partial charge in [0.2, 0.25) is 0 Å². The minimum atomic E-state index is 0.0278. The fourth-order valence-electron chi connectivity index (χ4n) is 0.551. The van der Waals surface area contributed by atoms with Gasteiger partial charge in [0.05, 0.1) is 0 Å². The molecule has 0 atom stereocenters.